The first-order valence-corrected chi connectivity index (χ1v) is 8.83. The minimum Gasteiger partial charge on any atom is -0.396 e. The summed E-state index contributed by atoms with van der Waals surface area (Å²) < 4.78 is 0. The van der Waals surface area contributed by atoms with Crippen LogP contribution in [0.4, 0.5) is 0 Å². The Hall–Kier alpha value is -0.510. The van der Waals surface area contributed by atoms with Crippen molar-refractivity contribution in [3.63, 3.8) is 0 Å². The van der Waals surface area contributed by atoms with E-state index in [-0.39, 0.29) is 6.61 Å². The molecule has 0 heterocycles. The van der Waals surface area contributed by atoms with E-state index in [1.165, 1.54) is 11.1 Å². The topological polar surface area (TPSA) is 32.3 Å². The molecule has 1 rings (SSSR count). The number of rotatable bonds is 10. The number of aliphatic hydroxyl groups is 1. The summed E-state index contributed by atoms with van der Waals surface area (Å²) in [5.41, 5.74) is 2.78. The maximum atomic E-state index is 8.90. The van der Waals surface area contributed by atoms with E-state index in [1.807, 2.05) is 11.8 Å². The number of thioether (sulfide) groups is 1. The maximum Gasteiger partial charge on any atom is 0.0521 e. The predicted octanol–water partition coefficient (Wildman–Crippen LogP) is 3.65. The second-order valence-corrected chi connectivity index (χ2v) is 6.79. The summed E-state index contributed by atoms with van der Waals surface area (Å²) in [5.74, 6) is 2.54. The Morgan fingerprint density at radius 1 is 1.20 bits per heavy atom. The number of hydrogen-bond acceptors (Lipinski definition) is 3. The highest BCUT2D eigenvalue weighted by atomic mass is 32.2. The summed E-state index contributed by atoms with van der Waals surface area (Å²) in [6.07, 6.45) is 2.29. The first-order chi connectivity index (χ1) is 9.67. The van der Waals surface area contributed by atoms with Crippen LogP contribution in [0.1, 0.15) is 44.4 Å². The number of hydrogen-bond donors (Lipinski definition) is 2. The molecule has 0 saturated carbocycles. The van der Waals surface area contributed by atoms with Crippen LogP contribution < -0.4 is 5.32 Å². The van der Waals surface area contributed by atoms with Gasteiger partial charge in [0, 0.05) is 17.5 Å². The molecule has 1 atom stereocenters. The van der Waals surface area contributed by atoms with Gasteiger partial charge in [-0.3, -0.25) is 0 Å². The molecule has 0 saturated heterocycles. The fourth-order valence-electron chi connectivity index (χ4n) is 2.21. The van der Waals surface area contributed by atoms with Crippen LogP contribution in [0.15, 0.2) is 24.3 Å². The van der Waals surface area contributed by atoms with Crippen molar-refractivity contribution in [2.24, 2.45) is 5.92 Å². The van der Waals surface area contributed by atoms with E-state index in [4.69, 9.17) is 5.11 Å². The molecule has 0 aliphatic rings. The molecule has 20 heavy (non-hydrogen) atoms. The minimum atomic E-state index is 0.262. The van der Waals surface area contributed by atoms with Crippen LogP contribution >= 0.6 is 11.8 Å². The van der Waals surface area contributed by atoms with E-state index < -0.39 is 0 Å². The Kier molecular flexibility index (Phi) is 8.99. The molecule has 1 aromatic carbocycles. The Morgan fingerprint density at radius 2 is 1.90 bits per heavy atom. The van der Waals surface area contributed by atoms with Crippen molar-refractivity contribution in [2.75, 3.05) is 24.7 Å². The van der Waals surface area contributed by atoms with Gasteiger partial charge < -0.3 is 10.4 Å². The Balaban J connectivity index is 2.63. The lowest BCUT2D eigenvalue weighted by atomic mass is 10.00. The molecule has 0 aliphatic heterocycles. The normalized spacial score (nSPS) is 12.8. The van der Waals surface area contributed by atoms with Crippen LogP contribution in [-0.4, -0.2) is 29.8 Å². The van der Waals surface area contributed by atoms with Crippen LogP contribution in [0.2, 0.25) is 0 Å². The molecule has 0 aromatic heterocycles. The molecule has 0 radical (unpaired) electrons. The fraction of sp³-hybridized carbons (Fsp3) is 0.647. The molecule has 3 heteroatoms. The lowest BCUT2D eigenvalue weighted by Gasteiger charge is -2.19. The van der Waals surface area contributed by atoms with Crippen LogP contribution in [0, 0.1) is 5.92 Å². The third kappa shape index (κ3) is 6.78. The lowest BCUT2D eigenvalue weighted by Crippen LogP contribution is -2.24. The quantitative estimate of drug-likeness (QED) is 0.646. The maximum absolute atomic E-state index is 8.90. The number of benzene rings is 1. The molecule has 0 aliphatic carbocycles. The van der Waals surface area contributed by atoms with Gasteiger partial charge in [-0.25, -0.2) is 0 Å². The van der Waals surface area contributed by atoms with Crippen LogP contribution in [0.5, 0.6) is 0 Å². The lowest BCUT2D eigenvalue weighted by molar-refractivity contribution is 0.322. The average molecular weight is 295 g/mol. The highest BCUT2D eigenvalue weighted by Crippen LogP contribution is 2.20. The van der Waals surface area contributed by atoms with Gasteiger partial charge >= 0.3 is 0 Å². The summed E-state index contributed by atoms with van der Waals surface area (Å²) in [7, 11) is 0. The van der Waals surface area contributed by atoms with Crippen LogP contribution in [0.25, 0.3) is 0 Å². The number of nitrogens with one attached hydrogen (secondary N) is 1. The van der Waals surface area contributed by atoms with Crippen molar-refractivity contribution in [2.45, 2.75) is 39.7 Å². The predicted molar refractivity (Wildman–Crippen MR) is 90.4 cm³/mol. The van der Waals surface area contributed by atoms with Gasteiger partial charge in [0.15, 0.2) is 0 Å². The molecule has 1 aromatic rings. The van der Waals surface area contributed by atoms with Crippen molar-refractivity contribution in [1.82, 2.24) is 5.32 Å². The zero-order chi connectivity index (χ0) is 14.8. The van der Waals surface area contributed by atoms with Crippen molar-refractivity contribution in [3.05, 3.63) is 35.4 Å². The van der Waals surface area contributed by atoms with E-state index in [0.717, 1.165) is 30.9 Å². The molecular formula is C17H29NOS. The first-order valence-electron chi connectivity index (χ1n) is 7.68. The van der Waals surface area contributed by atoms with E-state index >= 15 is 0 Å². The van der Waals surface area contributed by atoms with E-state index in [2.05, 4.69) is 50.4 Å². The molecule has 0 bridgehead atoms. The van der Waals surface area contributed by atoms with Gasteiger partial charge in [0.25, 0.3) is 0 Å². The second kappa shape index (κ2) is 10.3. The van der Waals surface area contributed by atoms with Gasteiger partial charge in [-0.05, 0) is 36.4 Å². The fourth-order valence-corrected chi connectivity index (χ4v) is 3.06. The smallest absolute Gasteiger partial charge is 0.0521 e. The van der Waals surface area contributed by atoms with Gasteiger partial charge in [-0.15, -0.1) is 0 Å². The third-order valence-corrected chi connectivity index (χ3v) is 4.23. The van der Waals surface area contributed by atoms with E-state index in [9.17, 15) is 0 Å². The molecule has 0 spiro atoms. The van der Waals surface area contributed by atoms with Crippen molar-refractivity contribution in [1.29, 1.82) is 0 Å². The molecule has 1 unspecified atom stereocenters. The second-order valence-electron chi connectivity index (χ2n) is 5.64. The van der Waals surface area contributed by atoms with Crippen molar-refractivity contribution in [3.8, 4) is 0 Å². The number of aliphatic hydroxyl groups excluding tert-OH is 1. The molecule has 114 valence electrons. The molecule has 0 amide bonds. The Bertz CT molecular complexity index is 351. The monoisotopic (exact) mass is 295 g/mol. The Morgan fingerprint density at radius 3 is 2.45 bits per heavy atom. The molecule has 2 nitrogen and oxygen atoms in total. The average Bonchev–Trinajstić information content (AvgIpc) is 2.43. The summed E-state index contributed by atoms with van der Waals surface area (Å²) in [6.45, 7) is 8.00. The molecule has 0 fully saturated rings. The summed E-state index contributed by atoms with van der Waals surface area (Å²) in [6, 6.07) is 9.41. The van der Waals surface area contributed by atoms with Gasteiger partial charge in [-0.2, -0.15) is 11.8 Å². The SMILES string of the molecule is CCCNC(CSCCO)c1ccc(CC(C)C)cc1. The Labute approximate surface area is 128 Å². The third-order valence-electron chi connectivity index (χ3n) is 3.19. The molecular weight excluding hydrogens is 266 g/mol. The van der Waals surface area contributed by atoms with Gasteiger partial charge in [0.2, 0.25) is 0 Å². The van der Waals surface area contributed by atoms with Crippen molar-refractivity contribution < 1.29 is 5.11 Å². The zero-order valence-corrected chi connectivity index (χ0v) is 13.9. The van der Waals surface area contributed by atoms with Gasteiger partial charge in [0.1, 0.15) is 0 Å². The standard InChI is InChI=1S/C17H29NOS/c1-4-9-18-17(13-20-11-10-19)16-7-5-15(6-8-16)12-14(2)3/h5-8,14,17-19H,4,9-13H2,1-3H3. The van der Waals surface area contributed by atoms with Gasteiger partial charge in [-0.1, -0.05) is 45.0 Å². The summed E-state index contributed by atoms with van der Waals surface area (Å²) in [4.78, 5) is 0. The molecule has 2 N–H and O–H groups in total. The summed E-state index contributed by atoms with van der Waals surface area (Å²) >= 11 is 1.81. The van der Waals surface area contributed by atoms with Crippen LogP contribution in [0.3, 0.4) is 0 Å². The zero-order valence-electron chi connectivity index (χ0n) is 13.1. The highest BCUT2D eigenvalue weighted by Gasteiger charge is 2.10. The first kappa shape index (κ1) is 17.5. The minimum absolute atomic E-state index is 0.262. The summed E-state index contributed by atoms with van der Waals surface area (Å²) in [5, 5.41) is 12.5. The van der Waals surface area contributed by atoms with Crippen LogP contribution in [-0.2, 0) is 6.42 Å². The largest absolute Gasteiger partial charge is 0.396 e. The van der Waals surface area contributed by atoms with Crippen molar-refractivity contribution >= 4 is 11.8 Å². The van der Waals surface area contributed by atoms with E-state index in [0.29, 0.717) is 12.0 Å². The van der Waals surface area contributed by atoms with Gasteiger partial charge in [0.05, 0.1) is 6.61 Å². The highest BCUT2D eigenvalue weighted by molar-refractivity contribution is 7.99. The van der Waals surface area contributed by atoms with E-state index in [1.54, 1.807) is 0 Å².